The molecule has 2 aliphatic rings. The van der Waals surface area contributed by atoms with Crippen LogP contribution in [-0.4, -0.2) is 38.7 Å². The van der Waals surface area contributed by atoms with E-state index in [0.717, 1.165) is 35.3 Å². The SMILES string of the molecule is Cc1cccn2c(NC(=O)C3CC(=O)N(C4CC4)C3)c(-c3ccccc3)nc12. The molecule has 2 aromatic heterocycles. The molecule has 1 aliphatic heterocycles. The van der Waals surface area contributed by atoms with Gasteiger partial charge in [-0.05, 0) is 31.4 Å². The number of benzene rings is 1. The number of hydrogen-bond acceptors (Lipinski definition) is 3. The smallest absolute Gasteiger partial charge is 0.230 e. The van der Waals surface area contributed by atoms with Crippen molar-refractivity contribution in [3.63, 3.8) is 0 Å². The normalized spacial score (nSPS) is 19.4. The van der Waals surface area contributed by atoms with E-state index in [4.69, 9.17) is 4.98 Å². The molecule has 1 unspecified atom stereocenters. The lowest BCUT2D eigenvalue weighted by atomic mass is 10.1. The minimum absolute atomic E-state index is 0.0971. The van der Waals surface area contributed by atoms with Gasteiger partial charge in [0.05, 0.1) is 5.92 Å². The largest absolute Gasteiger partial charge is 0.339 e. The topological polar surface area (TPSA) is 66.7 Å². The van der Waals surface area contributed by atoms with Crippen molar-refractivity contribution in [3.8, 4) is 11.3 Å². The third kappa shape index (κ3) is 2.85. The van der Waals surface area contributed by atoms with Crippen molar-refractivity contribution >= 4 is 23.3 Å². The van der Waals surface area contributed by atoms with Crippen LogP contribution in [0.5, 0.6) is 0 Å². The predicted octanol–water partition coefficient (Wildman–Crippen LogP) is 3.26. The van der Waals surface area contributed by atoms with Gasteiger partial charge in [0.2, 0.25) is 11.8 Å². The Morgan fingerprint density at radius 2 is 1.93 bits per heavy atom. The summed E-state index contributed by atoms with van der Waals surface area (Å²) in [6.45, 7) is 2.53. The second-order valence-corrected chi connectivity index (χ2v) is 7.73. The average molecular weight is 374 g/mol. The molecule has 142 valence electrons. The van der Waals surface area contributed by atoms with Crippen molar-refractivity contribution in [1.29, 1.82) is 0 Å². The van der Waals surface area contributed by atoms with Gasteiger partial charge >= 0.3 is 0 Å². The number of aryl methyl sites for hydroxylation is 1. The summed E-state index contributed by atoms with van der Waals surface area (Å²) in [7, 11) is 0. The Labute approximate surface area is 163 Å². The molecule has 1 saturated carbocycles. The van der Waals surface area contributed by atoms with Gasteiger partial charge < -0.3 is 10.2 Å². The maximum atomic E-state index is 13.0. The molecule has 6 heteroatoms. The van der Waals surface area contributed by atoms with Crippen LogP contribution in [0, 0.1) is 12.8 Å². The molecular formula is C22H22N4O2. The Morgan fingerprint density at radius 3 is 2.68 bits per heavy atom. The molecule has 1 atom stereocenters. The summed E-state index contributed by atoms with van der Waals surface area (Å²) in [4.78, 5) is 32.0. The molecule has 3 heterocycles. The number of carbonyl (C=O) groups is 2. The Bertz CT molecular complexity index is 1070. The van der Waals surface area contributed by atoms with Crippen LogP contribution in [0.4, 0.5) is 5.82 Å². The number of rotatable bonds is 4. The number of imidazole rings is 1. The highest BCUT2D eigenvalue weighted by molar-refractivity contribution is 5.99. The summed E-state index contributed by atoms with van der Waals surface area (Å²) in [6, 6.07) is 14.2. The second kappa shape index (κ2) is 6.48. The fourth-order valence-electron chi connectivity index (χ4n) is 3.99. The number of fused-ring (bicyclic) bond motifs is 1. The van der Waals surface area contributed by atoms with Crippen molar-refractivity contribution in [2.75, 3.05) is 11.9 Å². The van der Waals surface area contributed by atoms with Gasteiger partial charge in [0.25, 0.3) is 0 Å². The van der Waals surface area contributed by atoms with Crippen molar-refractivity contribution in [2.45, 2.75) is 32.2 Å². The third-order valence-electron chi connectivity index (χ3n) is 5.65. The van der Waals surface area contributed by atoms with Crippen LogP contribution in [0.2, 0.25) is 0 Å². The molecule has 28 heavy (non-hydrogen) atoms. The van der Waals surface area contributed by atoms with Crippen LogP contribution >= 0.6 is 0 Å². The second-order valence-electron chi connectivity index (χ2n) is 7.73. The number of carbonyl (C=O) groups excluding carboxylic acids is 2. The maximum Gasteiger partial charge on any atom is 0.230 e. The van der Waals surface area contributed by atoms with Gasteiger partial charge in [-0.15, -0.1) is 0 Å². The lowest BCUT2D eigenvalue weighted by Crippen LogP contribution is -2.30. The quantitative estimate of drug-likeness (QED) is 0.762. The van der Waals surface area contributed by atoms with Crippen molar-refractivity contribution in [2.24, 2.45) is 5.92 Å². The van der Waals surface area contributed by atoms with E-state index in [1.54, 1.807) is 0 Å². The molecule has 0 bridgehead atoms. The predicted molar refractivity (Wildman–Crippen MR) is 107 cm³/mol. The number of likely N-dealkylation sites (tertiary alicyclic amines) is 1. The van der Waals surface area contributed by atoms with Crippen LogP contribution in [-0.2, 0) is 9.59 Å². The number of nitrogens with one attached hydrogen (secondary N) is 1. The fraction of sp³-hybridized carbons (Fsp3) is 0.318. The number of amides is 2. The summed E-state index contributed by atoms with van der Waals surface area (Å²) in [6.07, 6.45) is 4.32. The maximum absolute atomic E-state index is 13.0. The van der Waals surface area contributed by atoms with Gasteiger partial charge in [0, 0.05) is 30.8 Å². The van der Waals surface area contributed by atoms with E-state index in [-0.39, 0.29) is 17.7 Å². The molecule has 2 amide bonds. The molecule has 1 aromatic carbocycles. The van der Waals surface area contributed by atoms with E-state index in [2.05, 4.69) is 5.32 Å². The standard InChI is InChI=1S/C22H22N4O2/c1-14-6-5-11-25-20(14)23-19(15-7-3-2-4-8-15)21(25)24-22(28)16-12-18(27)26(13-16)17-9-10-17/h2-8,11,16-17H,9-10,12-13H2,1H3,(H,24,28). The number of hydrogen-bond donors (Lipinski definition) is 1. The molecule has 0 radical (unpaired) electrons. The van der Waals surface area contributed by atoms with E-state index in [0.29, 0.717) is 24.8 Å². The molecule has 0 spiro atoms. The van der Waals surface area contributed by atoms with Gasteiger partial charge in [0.15, 0.2) is 0 Å². The van der Waals surface area contributed by atoms with E-state index >= 15 is 0 Å². The number of aromatic nitrogens is 2. The molecule has 6 nitrogen and oxygen atoms in total. The van der Waals surface area contributed by atoms with E-state index in [1.807, 2.05) is 64.9 Å². The summed E-state index contributed by atoms with van der Waals surface area (Å²) < 4.78 is 1.92. The van der Waals surface area contributed by atoms with Crippen LogP contribution in [0.15, 0.2) is 48.7 Å². The van der Waals surface area contributed by atoms with Crippen LogP contribution in [0.3, 0.4) is 0 Å². The number of nitrogens with zero attached hydrogens (tertiary/aromatic N) is 3. The molecule has 3 aromatic rings. The molecule has 1 aliphatic carbocycles. The zero-order valence-electron chi connectivity index (χ0n) is 15.8. The van der Waals surface area contributed by atoms with Gasteiger partial charge in [-0.25, -0.2) is 4.98 Å². The highest BCUT2D eigenvalue weighted by Crippen LogP contribution is 2.34. The Hall–Kier alpha value is -3.15. The molecular weight excluding hydrogens is 352 g/mol. The summed E-state index contributed by atoms with van der Waals surface area (Å²) in [5.41, 5.74) is 3.55. The van der Waals surface area contributed by atoms with E-state index in [1.165, 1.54) is 0 Å². The number of pyridine rings is 1. The summed E-state index contributed by atoms with van der Waals surface area (Å²) in [5, 5.41) is 3.08. The fourth-order valence-corrected chi connectivity index (χ4v) is 3.99. The highest BCUT2D eigenvalue weighted by Gasteiger charge is 2.42. The van der Waals surface area contributed by atoms with Crippen molar-refractivity contribution in [3.05, 3.63) is 54.2 Å². The highest BCUT2D eigenvalue weighted by atomic mass is 16.2. The Balaban J connectivity index is 1.50. The summed E-state index contributed by atoms with van der Waals surface area (Å²) >= 11 is 0. The lowest BCUT2D eigenvalue weighted by Gasteiger charge is -2.15. The molecule has 1 saturated heterocycles. The molecule has 1 N–H and O–H groups in total. The minimum atomic E-state index is -0.313. The van der Waals surface area contributed by atoms with Crippen molar-refractivity contribution in [1.82, 2.24) is 14.3 Å². The first-order valence-corrected chi connectivity index (χ1v) is 9.75. The van der Waals surface area contributed by atoms with Crippen molar-refractivity contribution < 1.29 is 9.59 Å². The third-order valence-corrected chi connectivity index (χ3v) is 5.65. The first-order chi connectivity index (χ1) is 13.6. The van der Waals surface area contributed by atoms with Crippen LogP contribution in [0.25, 0.3) is 16.9 Å². The first kappa shape index (κ1) is 17.0. The zero-order chi connectivity index (χ0) is 19.3. The first-order valence-electron chi connectivity index (χ1n) is 9.75. The van der Waals surface area contributed by atoms with Gasteiger partial charge in [-0.3, -0.25) is 14.0 Å². The van der Waals surface area contributed by atoms with E-state index < -0.39 is 0 Å². The van der Waals surface area contributed by atoms with Gasteiger partial charge in [-0.2, -0.15) is 0 Å². The van der Waals surface area contributed by atoms with Gasteiger partial charge in [-0.1, -0.05) is 36.4 Å². The minimum Gasteiger partial charge on any atom is -0.339 e. The average Bonchev–Trinajstić information content (AvgIpc) is 3.37. The van der Waals surface area contributed by atoms with Gasteiger partial charge in [0.1, 0.15) is 17.2 Å². The zero-order valence-corrected chi connectivity index (χ0v) is 15.8. The molecule has 2 fully saturated rings. The Kier molecular flexibility index (Phi) is 3.93. The Morgan fingerprint density at radius 1 is 1.14 bits per heavy atom. The molecule has 5 rings (SSSR count). The summed E-state index contributed by atoms with van der Waals surface area (Å²) in [5.74, 6) is 0.330. The lowest BCUT2D eigenvalue weighted by molar-refractivity contribution is -0.128. The van der Waals surface area contributed by atoms with Crippen LogP contribution in [0.1, 0.15) is 24.8 Å². The van der Waals surface area contributed by atoms with Crippen LogP contribution < -0.4 is 5.32 Å². The number of anilines is 1. The monoisotopic (exact) mass is 374 g/mol. The van der Waals surface area contributed by atoms with E-state index in [9.17, 15) is 9.59 Å².